The Kier molecular flexibility index (Phi) is 8.06. The Morgan fingerprint density at radius 1 is 1.39 bits per heavy atom. The first-order chi connectivity index (χ1) is 15.1. The SMILES string of the molecule is C=CC=c1c(N2CCOCC2C(=O)NCCN)nn(-c2ccc(Cl)cc2)c1=CC=CC. The van der Waals surface area contributed by atoms with Crippen LogP contribution in [-0.2, 0) is 9.53 Å². The maximum absolute atomic E-state index is 12.8. The second-order valence-corrected chi connectivity index (χ2v) is 7.41. The van der Waals surface area contributed by atoms with Gasteiger partial charge in [0, 0.05) is 29.9 Å². The minimum Gasteiger partial charge on any atom is -0.377 e. The van der Waals surface area contributed by atoms with Crippen molar-refractivity contribution in [3.8, 4) is 5.69 Å². The van der Waals surface area contributed by atoms with Gasteiger partial charge in [-0.2, -0.15) is 0 Å². The Balaban J connectivity index is 2.19. The number of rotatable bonds is 7. The summed E-state index contributed by atoms with van der Waals surface area (Å²) in [6.45, 7) is 7.95. The lowest BCUT2D eigenvalue weighted by molar-refractivity contribution is -0.124. The highest BCUT2D eigenvalue weighted by atomic mass is 35.5. The number of nitrogens with zero attached hydrogens (tertiary/aromatic N) is 3. The third-order valence-corrected chi connectivity index (χ3v) is 5.14. The van der Waals surface area contributed by atoms with Crippen LogP contribution in [0.2, 0.25) is 5.02 Å². The molecule has 7 nitrogen and oxygen atoms in total. The van der Waals surface area contributed by atoms with Crippen LogP contribution in [0.1, 0.15) is 6.92 Å². The molecule has 8 heteroatoms. The van der Waals surface area contributed by atoms with E-state index in [4.69, 9.17) is 27.2 Å². The monoisotopic (exact) mass is 441 g/mol. The first-order valence-electron chi connectivity index (χ1n) is 10.2. The van der Waals surface area contributed by atoms with E-state index < -0.39 is 6.04 Å². The lowest BCUT2D eigenvalue weighted by atomic mass is 10.2. The van der Waals surface area contributed by atoms with E-state index in [-0.39, 0.29) is 12.5 Å². The maximum atomic E-state index is 12.8. The third kappa shape index (κ3) is 5.25. The van der Waals surface area contributed by atoms with E-state index in [2.05, 4.69) is 11.9 Å². The minimum atomic E-state index is -0.500. The first-order valence-corrected chi connectivity index (χ1v) is 10.6. The van der Waals surface area contributed by atoms with E-state index in [1.54, 1.807) is 6.08 Å². The molecule has 3 rings (SSSR count). The van der Waals surface area contributed by atoms with Crippen molar-refractivity contribution in [2.45, 2.75) is 13.0 Å². The zero-order valence-corrected chi connectivity index (χ0v) is 18.4. The highest BCUT2D eigenvalue weighted by molar-refractivity contribution is 6.30. The predicted molar refractivity (Wildman–Crippen MR) is 126 cm³/mol. The molecular formula is C23H28ClN5O2. The molecule has 1 aromatic carbocycles. The van der Waals surface area contributed by atoms with E-state index in [1.165, 1.54) is 0 Å². The molecule has 0 aliphatic carbocycles. The molecule has 2 aromatic rings. The number of carbonyl (C=O) groups excluding carboxylic acids is 1. The summed E-state index contributed by atoms with van der Waals surface area (Å²) in [5.41, 5.74) is 6.41. The van der Waals surface area contributed by atoms with E-state index >= 15 is 0 Å². The van der Waals surface area contributed by atoms with E-state index in [0.29, 0.717) is 37.1 Å². The Morgan fingerprint density at radius 2 is 2.16 bits per heavy atom. The molecule has 0 saturated carbocycles. The van der Waals surface area contributed by atoms with Gasteiger partial charge in [-0.05, 0) is 43.3 Å². The lowest BCUT2D eigenvalue weighted by Gasteiger charge is -2.34. The minimum absolute atomic E-state index is 0.130. The second kappa shape index (κ2) is 10.9. The van der Waals surface area contributed by atoms with Gasteiger partial charge in [0.1, 0.15) is 6.04 Å². The number of benzene rings is 1. The number of morpholine rings is 1. The lowest BCUT2D eigenvalue weighted by Crippen LogP contribution is -2.56. The predicted octanol–water partition coefficient (Wildman–Crippen LogP) is 1.13. The van der Waals surface area contributed by atoms with Gasteiger partial charge < -0.3 is 20.7 Å². The summed E-state index contributed by atoms with van der Waals surface area (Å²) in [4.78, 5) is 14.8. The molecule has 0 spiro atoms. The van der Waals surface area contributed by atoms with Crippen LogP contribution < -0.4 is 26.5 Å². The molecule has 164 valence electrons. The van der Waals surface area contributed by atoms with Crippen LogP contribution in [0, 0.1) is 0 Å². The van der Waals surface area contributed by atoms with Crippen molar-refractivity contribution in [3.05, 3.63) is 64.7 Å². The van der Waals surface area contributed by atoms with Gasteiger partial charge in [0.05, 0.1) is 24.3 Å². The van der Waals surface area contributed by atoms with Gasteiger partial charge in [-0.15, -0.1) is 5.10 Å². The van der Waals surface area contributed by atoms with Crippen LogP contribution in [0.5, 0.6) is 0 Å². The molecule has 31 heavy (non-hydrogen) atoms. The molecule has 1 unspecified atom stereocenters. The quantitative estimate of drug-likeness (QED) is 0.672. The fourth-order valence-electron chi connectivity index (χ4n) is 3.44. The standard InChI is InChI=1S/C23H28ClN5O2/c1-3-5-7-20-19(6-4-2)22(27-29(20)18-10-8-17(24)9-11-18)28-14-15-31-16-21(28)23(30)26-13-12-25/h3-11,21H,2,12-16,25H2,1H3,(H,26,30). The van der Waals surface area contributed by atoms with Crippen LogP contribution in [0.25, 0.3) is 17.8 Å². The molecule has 1 saturated heterocycles. The highest BCUT2D eigenvalue weighted by Gasteiger charge is 2.32. The summed E-state index contributed by atoms with van der Waals surface area (Å²) in [6.07, 6.45) is 9.54. The zero-order chi connectivity index (χ0) is 22.2. The van der Waals surface area contributed by atoms with Gasteiger partial charge in [0.15, 0.2) is 5.82 Å². The van der Waals surface area contributed by atoms with Crippen molar-refractivity contribution >= 4 is 35.5 Å². The average Bonchev–Trinajstić information content (AvgIpc) is 3.14. The van der Waals surface area contributed by atoms with Gasteiger partial charge in [0.2, 0.25) is 5.91 Å². The number of hydrogen-bond donors (Lipinski definition) is 2. The van der Waals surface area contributed by atoms with Gasteiger partial charge in [-0.1, -0.05) is 36.4 Å². The molecule has 1 aliphatic heterocycles. The van der Waals surface area contributed by atoms with Crippen LogP contribution in [0.4, 0.5) is 5.82 Å². The van der Waals surface area contributed by atoms with Crippen molar-refractivity contribution in [1.82, 2.24) is 15.1 Å². The third-order valence-electron chi connectivity index (χ3n) is 4.89. The van der Waals surface area contributed by atoms with Crippen molar-refractivity contribution in [3.63, 3.8) is 0 Å². The number of amides is 1. The fraction of sp³-hybridized carbons (Fsp3) is 0.304. The Bertz CT molecular complexity index is 1060. The van der Waals surface area contributed by atoms with E-state index in [0.717, 1.165) is 16.3 Å². The van der Waals surface area contributed by atoms with Crippen molar-refractivity contribution < 1.29 is 9.53 Å². The van der Waals surface area contributed by atoms with Gasteiger partial charge in [-0.3, -0.25) is 4.79 Å². The maximum Gasteiger partial charge on any atom is 0.245 e. The summed E-state index contributed by atoms with van der Waals surface area (Å²) in [5, 5.41) is 10.2. The number of nitrogens with two attached hydrogens (primary N) is 1. The normalized spacial score (nSPS) is 18.0. The van der Waals surface area contributed by atoms with Crippen LogP contribution >= 0.6 is 11.6 Å². The number of halogens is 1. The molecule has 3 N–H and O–H groups in total. The summed E-state index contributed by atoms with van der Waals surface area (Å²) >= 11 is 6.08. The van der Waals surface area contributed by atoms with Gasteiger partial charge >= 0.3 is 0 Å². The largest absolute Gasteiger partial charge is 0.377 e. The summed E-state index contributed by atoms with van der Waals surface area (Å²) in [6, 6.07) is 6.97. The Hall–Kier alpha value is -2.87. The summed E-state index contributed by atoms with van der Waals surface area (Å²) in [7, 11) is 0. The summed E-state index contributed by atoms with van der Waals surface area (Å²) in [5.74, 6) is 0.566. The topological polar surface area (TPSA) is 85.4 Å². The van der Waals surface area contributed by atoms with E-state index in [1.807, 2.05) is 65.1 Å². The number of allylic oxidation sites excluding steroid dienone is 3. The van der Waals surface area contributed by atoms with E-state index in [9.17, 15) is 4.79 Å². The zero-order valence-electron chi connectivity index (χ0n) is 17.6. The molecule has 2 heterocycles. The molecule has 1 atom stereocenters. The Morgan fingerprint density at radius 3 is 2.84 bits per heavy atom. The molecule has 0 bridgehead atoms. The number of hydrogen-bond acceptors (Lipinski definition) is 5. The van der Waals surface area contributed by atoms with Crippen molar-refractivity contribution in [1.29, 1.82) is 0 Å². The molecule has 1 amide bonds. The number of aromatic nitrogens is 2. The van der Waals surface area contributed by atoms with Gasteiger partial charge in [-0.25, -0.2) is 4.68 Å². The molecule has 1 fully saturated rings. The van der Waals surface area contributed by atoms with Crippen molar-refractivity contribution in [2.24, 2.45) is 5.73 Å². The number of anilines is 1. The molecule has 1 aromatic heterocycles. The summed E-state index contributed by atoms with van der Waals surface area (Å²) < 4.78 is 7.45. The smallest absolute Gasteiger partial charge is 0.245 e. The van der Waals surface area contributed by atoms with Crippen LogP contribution in [0.15, 0.2) is 49.1 Å². The van der Waals surface area contributed by atoms with Crippen molar-refractivity contribution in [2.75, 3.05) is 37.7 Å². The second-order valence-electron chi connectivity index (χ2n) is 6.97. The number of carbonyl (C=O) groups is 1. The molecule has 0 radical (unpaired) electrons. The number of nitrogens with one attached hydrogen (secondary N) is 1. The molecule has 1 aliphatic rings. The first kappa shape index (κ1) is 22.8. The highest BCUT2D eigenvalue weighted by Crippen LogP contribution is 2.16. The molecular weight excluding hydrogens is 414 g/mol. The van der Waals surface area contributed by atoms with Crippen LogP contribution in [-0.4, -0.2) is 54.6 Å². The average molecular weight is 442 g/mol. The Labute approximate surface area is 187 Å². The van der Waals surface area contributed by atoms with Crippen LogP contribution in [0.3, 0.4) is 0 Å². The number of ether oxygens (including phenoxy) is 1. The fourth-order valence-corrected chi connectivity index (χ4v) is 3.56. The van der Waals surface area contributed by atoms with Gasteiger partial charge in [0.25, 0.3) is 0 Å².